The summed E-state index contributed by atoms with van der Waals surface area (Å²) in [6, 6.07) is 5.11. The molecule has 114 valence electrons. The first kappa shape index (κ1) is 16.7. The van der Waals surface area contributed by atoms with Gasteiger partial charge in [-0.2, -0.15) is 5.10 Å². The van der Waals surface area contributed by atoms with Gasteiger partial charge >= 0.3 is 5.97 Å². The van der Waals surface area contributed by atoms with Gasteiger partial charge in [0.1, 0.15) is 5.75 Å². The van der Waals surface area contributed by atoms with Crippen LogP contribution in [0.1, 0.15) is 43.2 Å². The second kappa shape index (κ2) is 8.73. The molecule has 0 saturated carbocycles. The molecule has 0 aliphatic carbocycles. The summed E-state index contributed by atoms with van der Waals surface area (Å²) in [5.74, 6) is -0.942. The zero-order chi connectivity index (χ0) is 15.7. The van der Waals surface area contributed by atoms with E-state index in [2.05, 4.69) is 10.5 Å². The average molecular weight is 292 g/mol. The number of carboxylic acid groups (broad SMARTS) is 1. The van der Waals surface area contributed by atoms with Crippen molar-refractivity contribution < 1.29 is 19.8 Å². The molecule has 0 aliphatic rings. The van der Waals surface area contributed by atoms with Crippen LogP contribution in [0.2, 0.25) is 0 Å². The van der Waals surface area contributed by atoms with E-state index in [1.165, 1.54) is 6.21 Å². The number of phenols is 1. The lowest BCUT2D eigenvalue weighted by atomic mass is 10.1. The average Bonchev–Trinajstić information content (AvgIpc) is 2.42. The number of aromatic hydroxyl groups is 1. The Bertz CT molecular complexity index is 526. The minimum atomic E-state index is -0.818. The number of carboxylic acids is 1. The summed E-state index contributed by atoms with van der Waals surface area (Å²) in [4.78, 5) is 21.8. The molecule has 1 aromatic rings. The third-order valence-electron chi connectivity index (χ3n) is 2.87. The van der Waals surface area contributed by atoms with Crippen molar-refractivity contribution in [3.8, 4) is 5.75 Å². The molecule has 0 saturated heterocycles. The van der Waals surface area contributed by atoms with Crippen LogP contribution in [0, 0.1) is 6.92 Å². The Labute approximate surface area is 123 Å². The summed E-state index contributed by atoms with van der Waals surface area (Å²) in [5, 5.41) is 21.9. The van der Waals surface area contributed by atoms with Gasteiger partial charge in [-0.15, -0.1) is 0 Å². The van der Waals surface area contributed by atoms with Crippen LogP contribution < -0.4 is 5.43 Å². The van der Waals surface area contributed by atoms with Gasteiger partial charge in [-0.3, -0.25) is 9.59 Å². The van der Waals surface area contributed by atoms with Gasteiger partial charge in [0, 0.05) is 18.4 Å². The van der Waals surface area contributed by atoms with Gasteiger partial charge in [0.05, 0.1) is 6.21 Å². The largest absolute Gasteiger partial charge is 0.507 e. The van der Waals surface area contributed by atoms with E-state index in [0.29, 0.717) is 31.2 Å². The molecule has 0 unspecified atom stereocenters. The lowest BCUT2D eigenvalue weighted by molar-refractivity contribution is -0.137. The van der Waals surface area contributed by atoms with E-state index in [4.69, 9.17) is 5.11 Å². The maximum absolute atomic E-state index is 11.5. The van der Waals surface area contributed by atoms with Crippen LogP contribution in [-0.4, -0.2) is 28.3 Å². The Morgan fingerprint density at radius 1 is 1.24 bits per heavy atom. The fraction of sp³-hybridized carbons (Fsp3) is 0.400. The Morgan fingerprint density at radius 2 is 1.95 bits per heavy atom. The normalized spacial score (nSPS) is 10.7. The van der Waals surface area contributed by atoms with Gasteiger partial charge in [0.15, 0.2) is 0 Å². The zero-order valence-electron chi connectivity index (χ0n) is 12.0. The molecule has 0 spiro atoms. The highest BCUT2D eigenvalue weighted by Crippen LogP contribution is 2.15. The molecule has 0 heterocycles. The number of carbonyl (C=O) groups excluding carboxylic acids is 1. The monoisotopic (exact) mass is 292 g/mol. The van der Waals surface area contributed by atoms with Gasteiger partial charge in [0.25, 0.3) is 0 Å². The van der Waals surface area contributed by atoms with Crippen LogP contribution in [-0.2, 0) is 9.59 Å². The zero-order valence-corrected chi connectivity index (χ0v) is 12.0. The fourth-order valence-corrected chi connectivity index (χ4v) is 1.75. The summed E-state index contributed by atoms with van der Waals surface area (Å²) in [6.07, 6.45) is 3.73. The van der Waals surface area contributed by atoms with E-state index >= 15 is 0 Å². The Morgan fingerprint density at radius 3 is 2.67 bits per heavy atom. The molecule has 0 atom stereocenters. The maximum Gasteiger partial charge on any atom is 0.303 e. The van der Waals surface area contributed by atoms with Crippen LogP contribution in [0.5, 0.6) is 5.75 Å². The predicted molar refractivity (Wildman–Crippen MR) is 79.3 cm³/mol. The molecule has 1 amide bonds. The molecular formula is C15H20N2O4. The predicted octanol–water partition coefficient (Wildman–Crippen LogP) is 2.19. The lowest BCUT2D eigenvalue weighted by Crippen LogP contribution is -2.16. The van der Waals surface area contributed by atoms with Crippen molar-refractivity contribution in [1.82, 2.24) is 5.43 Å². The molecule has 1 aromatic carbocycles. The maximum atomic E-state index is 11.5. The molecule has 6 heteroatoms. The minimum Gasteiger partial charge on any atom is -0.507 e. The summed E-state index contributed by atoms with van der Waals surface area (Å²) >= 11 is 0. The lowest BCUT2D eigenvalue weighted by Gasteiger charge is -2.01. The number of unbranched alkanes of at least 4 members (excludes halogenated alkanes) is 2. The fourth-order valence-electron chi connectivity index (χ4n) is 1.75. The third kappa shape index (κ3) is 7.10. The van der Waals surface area contributed by atoms with Crippen LogP contribution >= 0.6 is 0 Å². The Kier molecular flexibility index (Phi) is 6.94. The van der Waals surface area contributed by atoms with Crippen molar-refractivity contribution in [2.45, 2.75) is 39.0 Å². The first-order chi connectivity index (χ1) is 9.99. The summed E-state index contributed by atoms with van der Waals surface area (Å²) in [6.45, 7) is 1.90. The number of nitrogens with one attached hydrogen (secondary N) is 1. The summed E-state index contributed by atoms with van der Waals surface area (Å²) in [7, 11) is 0. The molecule has 3 N–H and O–H groups in total. The number of benzene rings is 1. The second-order valence-corrected chi connectivity index (χ2v) is 4.81. The first-order valence-electron chi connectivity index (χ1n) is 6.82. The Hall–Kier alpha value is -2.37. The first-order valence-corrected chi connectivity index (χ1v) is 6.82. The van der Waals surface area contributed by atoms with Crippen molar-refractivity contribution in [2.75, 3.05) is 0 Å². The van der Waals surface area contributed by atoms with Crippen LogP contribution in [0.3, 0.4) is 0 Å². The Balaban J connectivity index is 2.27. The minimum absolute atomic E-state index is 0.104. The topological polar surface area (TPSA) is 99.0 Å². The number of rotatable bonds is 8. The van der Waals surface area contributed by atoms with Crippen molar-refractivity contribution in [2.24, 2.45) is 5.10 Å². The number of phenolic OH excluding ortho intramolecular Hbond substituents is 1. The van der Waals surface area contributed by atoms with Gasteiger partial charge < -0.3 is 10.2 Å². The summed E-state index contributed by atoms with van der Waals surface area (Å²) < 4.78 is 0. The van der Waals surface area contributed by atoms with E-state index in [9.17, 15) is 14.7 Å². The SMILES string of the molecule is Cc1ccc(O)c(/C=N/NC(=O)CCCCCC(=O)O)c1. The number of aliphatic carboxylic acids is 1. The van der Waals surface area contributed by atoms with Gasteiger partial charge in [0.2, 0.25) is 5.91 Å². The molecule has 1 rings (SSSR count). The highest BCUT2D eigenvalue weighted by Gasteiger charge is 2.02. The molecule has 0 aliphatic heterocycles. The van der Waals surface area contributed by atoms with Gasteiger partial charge in [-0.25, -0.2) is 5.43 Å². The number of nitrogens with zero attached hydrogens (tertiary/aromatic N) is 1. The molecular weight excluding hydrogens is 272 g/mol. The van der Waals surface area contributed by atoms with E-state index in [0.717, 1.165) is 5.56 Å². The molecule has 6 nitrogen and oxygen atoms in total. The van der Waals surface area contributed by atoms with Crippen LogP contribution in [0.15, 0.2) is 23.3 Å². The number of carbonyl (C=O) groups is 2. The smallest absolute Gasteiger partial charge is 0.303 e. The van der Waals surface area contributed by atoms with Crippen LogP contribution in [0.4, 0.5) is 0 Å². The van der Waals surface area contributed by atoms with E-state index < -0.39 is 5.97 Å². The molecule has 21 heavy (non-hydrogen) atoms. The van der Waals surface area contributed by atoms with Gasteiger partial charge in [-0.05, 0) is 31.9 Å². The molecule has 0 radical (unpaired) electrons. The van der Waals surface area contributed by atoms with Crippen molar-refractivity contribution in [1.29, 1.82) is 0 Å². The van der Waals surface area contributed by atoms with Crippen molar-refractivity contribution in [3.05, 3.63) is 29.3 Å². The van der Waals surface area contributed by atoms with E-state index in [1.54, 1.807) is 18.2 Å². The molecule has 0 aromatic heterocycles. The number of hydrogen-bond donors (Lipinski definition) is 3. The summed E-state index contributed by atoms with van der Waals surface area (Å²) in [5.41, 5.74) is 3.90. The molecule has 0 bridgehead atoms. The highest BCUT2D eigenvalue weighted by molar-refractivity contribution is 5.85. The van der Waals surface area contributed by atoms with E-state index in [1.807, 2.05) is 6.92 Å². The second-order valence-electron chi connectivity index (χ2n) is 4.81. The third-order valence-corrected chi connectivity index (χ3v) is 2.87. The number of aryl methyl sites for hydroxylation is 1. The van der Waals surface area contributed by atoms with Crippen molar-refractivity contribution in [3.63, 3.8) is 0 Å². The van der Waals surface area contributed by atoms with Crippen LogP contribution in [0.25, 0.3) is 0 Å². The number of hydrogen-bond acceptors (Lipinski definition) is 4. The number of hydrazone groups is 1. The quantitative estimate of drug-likeness (QED) is 0.388. The standard InChI is InChI=1S/C15H20N2O4/c1-11-7-8-13(18)12(9-11)10-16-17-14(19)5-3-2-4-6-15(20)21/h7-10,18H,2-6H2,1H3,(H,17,19)(H,20,21)/b16-10+. The van der Waals surface area contributed by atoms with E-state index in [-0.39, 0.29) is 18.1 Å². The molecule has 0 fully saturated rings. The van der Waals surface area contributed by atoms with Gasteiger partial charge in [-0.1, -0.05) is 18.1 Å². The number of amides is 1. The highest BCUT2D eigenvalue weighted by atomic mass is 16.4. The van der Waals surface area contributed by atoms with Crippen molar-refractivity contribution >= 4 is 18.1 Å².